The van der Waals surface area contributed by atoms with Crippen molar-refractivity contribution in [1.82, 2.24) is 16.0 Å². The molecule has 9 nitrogen and oxygen atoms in total. The fraction of sp³-hybridized carbons (Fsp3) is 0.526. The van der Waals surface area contributed by atoms with E-state index in [-0.39, 0.29) is 24.0 Å². The van der Waals surface area contributed by atoms with Crippen LogP contribution in [0.2, 0.25) is 0 Å². The number of methoxy groups -OCH3 is 1. The molecule has 0 aliphatic heterocycles. The number of amides is 2. The van der Waals surface area contributed by atoms with E-state index in [9.17, 15) is 9.59 Å². The smallest absolute Gasteiger partial charge is 0.411 e. The average Bonchev–Trinajstić information content (AvgIpc) is 2.63. The lowest BCUT2D eigenvalue weighted by Crippen LogP contribution is -2.39. The standard InChI is InChI=1S/C19H31N5O4.HI/c1-19(2,3)28-17(25)22-12-6-11-21-16(20-4)23-13-14-7-9-15(10-8-14)24-18(26)27-5;/h7-10H,6,11-13H2,1-5H3,(H,22,25)(H,24,26)(H2,20,21,23);1H. The van der Waals surface area contributed by atoms with Crippen LogP contribution in [0.1, 0.15) is 32.8 Å². The fourth-order valence-corrected chi connectivity index (χ4v) is 2.08. The molecule has 0 spiro atoms. The number of nitrogens with zero attached hydrogens (tertiary/aromatic N) is 1. The Morgan fingerprint density at radius 1 is 1.00 bits per heavy atom. The third-order valence-corrected chi connectivity index (χ3v) is 3.38. The molecule has 0 fully saturated rings. The first-order chi connectivity index (χ1) is 13.2. The summed E-state index contributed by atoms with van der Waals surface area (Å²) in [5.74, 6) is 0.661. The van der Waals surface area contributed by atoms with Crippen LogP contribution in [0, 0.1) is 0 Å². The van der Waals surface area contributed by atoms with E-state index in [4.69, 9.17) is 4.74 Å². The Kier molecular flexibility index (Phi) is 12.8. The predicted molar refractivity (Wildman–Crippen MR) is 125 cm³/mol. The van der Waals surface area contributed by atoms with Gasteiger partial charge >= 0.3 is 12.2 Å². The van der Waals surface area contributed by atoms with Crippen LogP contribution in [0.25, 0.3) is 0 Å². The second-order valence-electron chi connectivity index (χ2n) is 6.95. The van der Waals surface area contributed by atoms with Crippen molar-refractivity contribution < 1.29 is 19.1 Å². The van der Waals surface area contributed by atoms with Gasteiger partial charge in [0.15, 0.2) is 5.96 Å². The van der Waals surface area contributed by atoms with Crippen LogP contribution in [0.5, 0.6) is 0 Å². The number of hydrogen-bond donors (Lipinski definition) is 4. The molecule has 0 heterocycles. The number of carbonyl (C=O) groups is 2. The molecule has 1 aromatic carbocycles. The minimum atomic E-state index is -0.503. The lowest BCUT2D eigenvalue weighted by Gasteiger charge is -2.19. The van der Waals surface area contributed by atoms with Gasteiger partial charge in [0.1, 0.15) is 5.60 Å². The van der Waals surface area contributed by atoms with E-state index in [0.29, 0.717) is 31.3 Å². The van der Waals surface area contributed by atoms with E-state index in [1.165, 1.54) is 7.11 Å². The number of rotatable bonds is 7. The summed E-state index contributed by atoms with van der Waals surface area (Å²) in [6.07, 6.45) is -0.190. The van der Waals surface area contributed by atoms with E-state index in [2.05, 4.69) is 31.0 Å². The third kappa shape index (κ3) is 12.8. The zero-order valence-corrected chi connectivity index (χ0v) is 20.0. The highest BCUT2D eigenvalue weighted by molar-refractivity contribution is 14.0. The number of halogens is 1. The van der Waals surface area contributed by atoms with Crippen LogP contribution in [0.4, 0.5) is 15.3 Å². The summed E-state index contributed by atoms with van der Waals surface area (Å²) in [6.45, 7) is 7.21. The number of benzene rings is 1. The monoisotopic (exact) mass is 521 g/mol. The zero-order valence-electron chi connectivity index (χ0n) is 17.6. The van der Waals surface area contributed by atoms with Crippen LogP contribution in [0.3, 0.4) is 0 Å². The third-order valence-electron chi connectivity index (χ3n) is 3.38. The number of hydrogen-bond acceptors (Lipinski definition) is 5. The second-order valence-corrected chi connectivity index (χ2v) is 6.95. The maximum absolute atomic E-state index is 11.6. The van der Waals surface area contributed by atoms with Gasteiger partial charge in [-0.2, -0.15) is 0 Å². The Morgan fingerprint density at radius 3 is 2.17 bits per heavy atom. The number of guanidine groups is 1. The van der Waals surface area contributed by atoms with Crippen molar-refractivity contribution in [3.8, 4) is 0 Å². The van der Waals surface area contributed by atoms with Crippen molar-refractivity contribution in [1.29, 1.82) is 0 Å². The molecule has 0 saturated carbocycles. The van der Waals surface area contributed by atoms with Crippen LogP contribution in [0.15, 0.2) is 29.3 Å². The highest BCUT2D eigenvalue weighted by Crippen LogP contribution is 2.09. The molecular formula is C19H32IN5O4. The highest BCUT2D eigenvalue weighted by atomic mass is 127. The van der Waals surface area contributed by atoms with E-state index in [1.54, 1.807) is 19.2 Å². The van der Waals surface area contributed by atoms with Crippen molar-refractivity contribution in [2.24, 2.45) is 4.99 Å². The largest absolute Gasteiger partial charge is 0.453 e. The van der Waals surface area contributed by atoms with Crippen LogP contribution in [-0.4, -0.2) is 51.0 Å². The van der Waals surface area contributed by atoms with E-state index < -0.39 is 17.8 Å². The van der Waals surface area contributed by atoms with Gasteiger partial charge in [-0.05, 0) is 44.9 Å². The number of ether oxygens (including phenoxy) is 2. The molecule has 1 rings (SSSR count). The topological polar surface area (TPSA) is 113 Å². The first-order valence-electron chi connectivity index (χ1n) is 9.09. The summed E-state index contributed by atoms with van der Waals surface area (Å²) in [7, 11) is 3.01. The minimum Gasteiger partial charge on any atom is -0.453 e. The number of anilines is 1. The van der Waals surface area contributed by atoms with E-state index >= 15 is 0 Å². The lowest BCUT2D eigenvalue weighted by atomic mass is 10.2. The molecular weight excluding hydrogens is 489 g/mol. The quantitative estimate of drug-likeness (QED) is 0.190. The van der Waals surface area contributed by atoms with Gasteiger partial charge in [0, 0.05) is 32.4 Å². The second kappa shape index (κ2) is 13.9. The SMILES string of the molecule is CN=C(NCCCNC(=O)OC(C)(C)C)NCc1ccc(NC(=O)OC)cc1.I. The molecule has 0 bridgehead atoms. The Bertz CT molecular complexity index is 660. The summed E-state index contributed by atoms with van der Waals surface area (Å²) in [6, 6.07) is 7.39. The van der Waals surface area contributed by atoms with Crippen molar-refractivity contribution in [2.75, 3.05) is 32.6 Å². The van der Waals surface area contributed by atoms with Crippen LogP contribution >= 0.6 is 24.0 Å². The van der Waals surface area contributed by atoms with Gasteiger partial charge in [0.05, 0.1) is 7.11 Å². The number of aliphatic imine (C=N–C) groups is 1. The zero-order chi connectivity index (χ0) is 21.0. The maximum atomic E-state index is 11.6. The van der Waals surface area contributed by atoms with Crippen molar-refractivity contribution in [3.63, 3.8) is 0 Å². The van der Waals surface area contributed by atoms with E-state index in [0.717, 1.165) is 12.0 Å². The molecule has 0 atom stereocenters. The maximum Gasteiger partial charge on any atom is 0.411 e. The van der Waals surface area contributed by atoms with Crippen LogP contribution < -0.4 is 21.3 Å². The molecule has 1 aromatic rings. The molecule has 4 N–H and O–H groups in total. The van der Waals surface area contributed by atoms with Gasteiger partial charge in [-0.3, -0.25) is 10.3 Å². The summed E-state index contributed by atoms with van der Waals surface area (Å²) in [4.78, 5) is 26.9. The lowest BCUT2D eigenvalue weighted by molar-refractivity contribution is 0.0527. The summed E-state index contributed by atoms with van der Waals surface area (Å²) >= 11 is 0. The van der Waals surface area contributed by atoms with Gasteiger partial charge < -0.3 is 25.4 Å². The van der Waals surface area contributed by atoms with Gasteiger partial charge in [0.2, 0.25) is 0 Å². The van der Waals surface area contributed by atoms with Crippen LogP contribution in [-0.2, 0) is 16.0 Å². The number of carbonyl (C=O) groups excluding carboxylic acids is 2. The molecule has 0 saturated heterocycles. The Labute approximate surface area is 189 Å². The molecule has 0 unspecified atom stereocenters. The Balaban J connectivity index is 0.00000784. The molecule has 0 radical (unpaired) electrons. The fourth-order valence-electron chi connectivity index (χ4n) is 2.08. The van der Waals surface area contributed by atoms with Gasteiger partial charge in [0.25, 0.3) is 0 Å². The van der Waals surface area contributed by atoms with E-state index in [1.807, 2.05) is 32.9 Å². The number of alkyl carbamates (subject to hydrolysis) is 1. The van der Waals surface area contributed by atoms with Crippen molar-refractivity contribution in [2.45, 2.75) is 39.3 Å². The average molecular weight is 521 g/mol. The Morgan fingerprint density at radius 2 is 1.62 bits per heavy atom. The predicted octanol–water partition coefficient (Wildman–Crippen LogP) is 3.06. The summed E-state index contributed by atoms with van der Waals surface area (Å²) < 4.78 is 9.72. The molecule has 0 aliphatic carbocycles. The molecule has 2 amide bonds. The normalized spacial score (nSPS) is 11.0. The summed E-state index contributed by atoms with van der Waals surface area (Å²) in [5, 5.41) is 11.7. The van der Waals surface area contributed by atoms with Crippen molar-refractivity contribution >= 4 is 47.8 Å². The molecule has 29 heavy (non-hydrogen) atoms. The van der Waals surface area contributed by atoms with Gasteiger partial charge in [-0.15, -0.1) is 24.0 Å². The summed E-state index contributed by atoms with van der Waals surface area (Å²) in [5.41, 5.74) is 1.20. The van der Waals surface area contributed by atoms with Gasteiger partial charge in [-0.25, -0.2) is 9.59 Å². The molecule has 10 heteroatoms. The molecule has 0 aromatic heterocycles. The molecule has 0 aliphatic rings. The minimum absolute atomic E-state index is 0. The number of nitrogens with one attached hydrogen (secondary N) is 4. The first-order valence-corrected chi connectivity index (χ1v) is 9.09. The highest BCUT2D eigenvalue weighted by Gasteiger charge is 2.15. The van der Waals surface area contributed by atoms with Gasteiger partial charge in [-0.1, -0.05) is 12.1 Å². The van der Waals surface area contributed by atoms with Crippen molar-refractivity contribution in [3.05, 3.63) is 29.8 Å². The first kappa shape index (κ1) is 26.8. The molecule has 164 valence electrons. The Hall–Kier alpha value is -2.24.